The third kappa shape index (κ3) is 6.90. The molecule has 0 aliphatic carbocycles. The van der Waals surface area contributed by atoms with E-state index in [1.54, 1.807) is 24.3 Å². The molecule has 0 spiro atoms. The maximum Gasteiger partial charge on any atom is 0.160 e. The lowest BCUT2D eigenvalue weighted by Gasteiger charge is -2.14. The first-order valence-corrected chi connectivity index (χ1v) is 22.6. The van der Waals surface area contributed by atoms with Gasteiger partial charge in [0.2, 0.25) is 0 Å². The molecule has 70 heavy (non-hydrogen) atoms. The molecule has 322 valence electrons. The van der Waals surface area contributed by atoms with Gasteiger partial charge in [0.1, 0.15) is 0 Å². The predicted molar refractivity (Wildman–Crippen MR) is 277 cm³/mol. The van der Waals surface area contributed by atoms with Crippen LogP contribution < -0.4 is 0 Å². The van der Waals surface area contributed by atoms with E-state index in [0.29, 0.717) is 39.3 Å². The Balaban J connectivity index is 0.882. The smallest absolute Gasteiger partial charge is 0.160 e. The highest BCUT2D eigenvalue weighted by atomic mass is 15.0. The van der Waals surface area contributed by atoms with Crippen molar-refractivity contribution in [3.8, 4) is 91.8 Å². The van der Waals surface area contributed by atoms with Gasteiger partial charge in [0.15, 0.2) is 5.82 Å². The van der Waals surface area contributed by atoms with Crippen LogP contribution in [0.3, 0.4) is 0 Å². The first-order chi connectivity index (χ1) is 34.5. The van der Waals surface area contributed by atoms with Crippen LogP contribution in [0.4, 0.5) is 0 Å². The molecule has 8 heteroatoms. The van der Waals surface area contributed by atoms with Crippen molar-refractivity contribution in [1.82, 2.24) is 19.1 Å². The monoisotopic (exact) mass is 890 g/mol. The molecule has 12 rings (SSSR count). The summed E-state index contributed by atoms with van der Waals surface area (Å²) in [7, 11) is 0. The Morgan fingerprint density at radius 3 is 1.20 bits per heavy atom. The van der Waals surface area contributed by atoms with Gasteiger partial charge in [-0.2, -0.15) is 21.0 Å². The van der Waals surface area contributed by atoms with Crippen molar-refractivity contribution in [2.45, 2.75) is 0 Å². The summed E-state index contributed by atoms with van der Waals surface area (Å²) in [5.41, 5.74) is 15.2. The van der Waals surface area contributed by atoms with Crippen molar-refractivity contribution < 1.29 is 0 Å². The Hall–Kier alpha value is -10.4. The Morgan fingerprint density at radius 2 is 0.714 bits per heavy atom. The van der Waals surface area contributed by atoms with Gasteiger partial charge in [-0.3, -0.25) is 0 Å². The standard InChI is InChI=1S/C62H34N8/c63-35-39-13-17-43(18-14-39)55-34-56(68-62(67-55)46-19-15-40(36-64)16-20-46)44-25-21-41(22-26-44)42-23-27-45(28-24-42)61-47(37-65)31-50(32-48(61)38-66)70-59-12-6-3-9-53(59)54-33-49(29-30-60(54)70)69-57-10-4-1-7-51(57)52-8-2-5-11-58(52)69/h1-34H. The lowest BCUT2D eigenvalue weighted by molar-refractivity contribution is 1.16. The largest absolute Gasteiger partial charge is 0.309 e. The van der Waals surface area contributed by atoms with Gasteiger partial charge in [0.25, 0.3) is 0 Å². The van der Waals surface area contributed by atoms with E-state index in [1.807, 2.05) is 103 Å². The summed E-state index contributed by atoms with van der Waals surface area (Å²) in [6.45, 7) is 0. The van der Waals surface area contributed by atoms with Crippen LogP contribution >= 0.6 is 0 Å². The van der Waals surface area contributed by atoms with Crippen molar-refractivity contribution in [2.75, 3.05) is 0 Å². The zero-order valence-electron chi connectivity index (χ0n) is 37.2. The molecular weight excluding hydrogens is 857 g/mol. The van der Waals surface area contributed by atoms with Gasteiger partial charge in [0.05, 0.1) is 80.0 Å². The molecular formula is C62H34N8. The predicted octanol–water partition coefficient (Wildman–Crippen LogP) is 14.5. The second-order valence-corrected chi connectivity index (χ2v) is 17.1. The number of aromatic nitrogens is 4. The summed E-state index contributed by atoms with van der Waals surface area (Å²) in [6, 6.07) is 77.3. The van der Waals surface area contributed by atoms with Crippen LogP contribution in [0.15, 0.2) is 206 Å². The van der Waals surface area contributed by atoms with Crippen LogP contribution in [0.5, 0.6) is 0 Å². The van der Waals surface area contributed by atoms with E-state index in [-0.39, 0.29) is 0 Å². The molecule has 0 aliphatic heterocycles. The molecule has 12 aromatic rings. The minimum Gasteiger partial charge on any atom is -0.309 e. The highest BCUT2D eigenvalue weighted by molar-refractivity contribution is 6.12. The van der Waals surface area contributed by atoms with Crippen molar-refractivity contribution in [3.05, 3.63) is 229 Å². The molecule has 0 bridgehead atoms. The minimum absolute atomic E-state index is 0.407. The van der Waals surface area contributed by atoms with Crippen LogP contribution in [0.1, 0.15) is 22.3 Å². The van der Waals surface area contributed by atoms with Gasteiger partial charge < -0.3 is 9.13 Å². The van der Waals surface area contributed by atoms with Crippen LogP contribution in [0.25, 0.3) is 111 Å². The molecule has 9 aromatic carbocycles. The topological polar surface area (TPSA) is 131 Å². The molecule has 0 aliphatic rings. The molecule has 3 aromatic heterocycles. The number of nitriles is 4. The second kappa shape index (κ2) is 16.8. The summed E-state index contributed by atoms with van der Waals surface area (Å²) in [5.74, 6) is 0.516. The molecule has 3 heterocycles. The molecule has 0 amide bonds. The Morgan fingerprint density at radius 1 is 0.314 bits per heavy atom. The Kier molecular flexibility index (Phi) is 9.86. The molecule has 0 unspecified atom stereocenters. The van der Waals surface area contributed by atoms with Gasteiger partial charge in [-0.25, -0.2) is 9.97 Å². The van der Waals surface area contributed by atoms with E-state index in [1.165, 1.54) is 10.8 Å². The van der Waals surface area contributed by atoms with Crippen LogP contribution in [0, 0.1) is 45.3 Å². The van der Waals surface area contributed by atoms with E-state index in [4.69, 9.17) is 9.97 Å². The van der Waals surface area contributed by atoms with Gasteiger partial charge >= 0.3 is 0 Å². The summed E-state index contributed by atoms with van der Waals surface area (Å²) in [6.07, 6.45) is 0. The van der Waals surface area contributed by atoms with Crippen LogP contribution in [0.2, 0.25) is 0 Å². The van der Waals surface area contributed by atoms with E-state index in [2.05, 4.69) is 112 Å². The van der Waals surface area contributed by atoms with Gasteiger partial charge in [0, 0.05) is 55.2 Å². The highest BCUT2D eigenvalue weighted by Gasteiger charge is 2.20. The zero-order valence-corrected chi connectivity index (χ0v) is 37.2. The number of hydrogen-bond donors (Lipinski definition) is 0. The maximum absolute atomic E-state index is 10.7. The SMILES string of the molecule is N#Cc1ccc(-c2cc(-c3ccc(-c4ccc(-c5c(C#N)cc(-n6c7ccccc7c7cc(-n8c9ccccc9c9ccccc98)ccc76)cc5C#N)cc4)cc3)nc(-c3ccc(C#N)cc3)n2)cc1. The number of nitrogens with zero attached hydrogens (tertiary/aromatic N) is 8. The Bertz CT molecular complexity index is 4080. The van der Waals surface area contributed by atoms with E-state index >= 15 is 0 Å². The van der Waals surface area contributed by atoms with Gasteiger partial charge in [-0.15, -0.1) is 0 Å². The molecule has 0 N–H and O–H groups in total. The first-order valence-electron chi connectivity index (χ1n) is 22.6. The maximum atomic E-state index is 10.7. The normalized spacial score (nSPS) is 11.1. The first kappa shape index (κ1) is 41.1. The van der Waals surface area contributed by atoms with E-state index in [9.17, 15) is 21.0 Å². The van der Waals surface area contributed by atoms with Crippen molar-refractivity contribution >= 4 is 43.6 Å². The third-order valence-electron chi connectivity index (χ3n) is 13.1. The summed E-state index contributed by atoms with van der Waals surface area (Å²) in [5, 5.41) is 44.7. The number of hydrogen-bond acceptors (Lipinski definition) is 6. The molecule has 0 fully saturated rings. The fourth-order valence-electron chi connectivity index (χ4n) is 9.77. The van der Waals surface area contributed by atoms with Gasteiger partial charge in [-0.1, -0.05) is 115 Å². The molecule has 0 radical (unpaired) electrons. The summed E-state index contributed by atoms with van der Waals surface area (Å²) >= 11 is 0. The van der Waals surface area contributed by atoms with Gasteiger partial charge in [-0.05, 0) is 108 Å². The minimum atomic E-state index is 0.407. The zero-order chi connectivity index (χ0) is 47.3. The number of benzene rings is 9. The average Bonchev–Trinajstić information content (AvgIpc) is 3.95. The second-order valence-electron chi connectivity index (χ2n) is 17.1. The lowest BCUT2D eigenvalue weighted by Crippen LogP contribution is -1.99. The highest BCUT2D eigenvalue weighted by Crippen LogP contribution is 2.39. The van der Waals surface area contributed by atoms with Crippen LogP contribution in [-0.2, 0) is 0 Å². The fraction of sp³-hybridized carbons (Fsp3) is 0. The third-order valence-corrected chi connectivity index (χ3v) is 13.1. The number of fused-ring (bicyclic) bond motifs is 6. The Labute approximate surface area is 402 Å². The van der Waals surface area contributed by atoms with E-state index in [0.717, 1.165) is 83.3 Å². The number of rotatable bonds is 7. The number of para-hydroxylation sites is 3. The fourth-order valence-corrected chi connectivity index (χ4v) is 9.77. The quantitative estimate of drug-likeness (QED) is 0.157. The summed E-state index contributed by atoms with van der Waals surface area (Å²) < 4.78 is 4.47. The van der Waals surface area contributed by atoms with Crippen molar-refractivity contribution in [3.63, 3.8) is 0 Å². The van der Waals surface area contributed by atoms with Crippen molar-refractivity contribution in [2.24, 2.45) is 0 Å². The lowest BCUT2D eigenvalue weighted by atomic mass is 9.92. The molecule has 0 saturated carbocycles. The molecule has 8 nitrogen and oxygen atoms in total. The van der Waals surface area contributed by atoms with Crippen molar-refractivity contribution in [1.29, 1.82) is 21.0 Å². The van der Waals surface area contributed by atoms with E-state index < -0.39 is 0 Å². The summed E-state index contributed by atoms with van der Waals surface area (Å²) in [4.78, 5) is 9.83. The average molecular weight is 891 g/mol. The molecule has 0 saturated heterocycles. The van der Waals surface area contributed by atoms with Crippen LogP contribution in [-0.4, -0.2) is 19.1 Å². The molecule has 0 atom stereocenters.